The second kappa shape index (κ2) is 7.66. The summed E-state index contributed by atoms with van der Waals surface area (Å²) in [7, 11) is 0. The second-order valence-corrected chi connectivity index (χ2v) is 5.96. The molecule has 0 aliphatic carbocycles. The van der Waals surface area contributed by atoms with Crippen LogP contribution >= 0.6 is 0 Å². The maximum Gasteiger partial charge on any atom is 0.142 e. The minimum Gasteiger partial charge on any atom is -0.491 e. The molecule has 0 amide bonds. The molecule has 1 aromatic carbocycles. The van der Waals surface area contributed by atoms with Gasteiger partial charge in [0.15, 0.2) is 0 Å². The topological polar surface area (TPSA) is 27.7 Å². The van der Waals surface area contributed by atoms with Gasteiger partial charge in [-0.3, -0.25) is 0 Å². The summed E-state index contributed by atoms with van der Waals surface area (Å²) in [5.41, 5.74) is 1.25. The van der Waals surface area contributed by atoms with Crippen molar-refractivity contribution in [2.24, 2.45) is 0 Å². The maximum absolute atomic E-state index is 6.06. The smallest absolute Gasteiger partial charge is 0.142 e. The third kappa shape index (κ3) is 4.11. The van der Waals surface area contributed by atoms with Crippen LogP contribution in [0.3, 0.4) is 0 Å². The summed E-state index contributed by atoms with van der Waals surface area (Å²) >= 11 is 0. The molecule has 2 fully saturated rings. The van der Waals surface area contributed by atoms with Crippen molar-refractivity contribution in [2.75, 3.05) is 57.3 Å². The van der Waals surface area contributed by atoms with E-state index in [1.807, 2.05) is 0 Å². The lowest BCUT2D eigenvalue weighted by Crippen LogP contribution is -2.43. The Morgan fingerprint density at radius 3 is 2.57 bits per heavy atom. The number of nitrogens with one attached hydrogen (secondary N) is 1. The highest BCUT2D eigenvalue weighted by molar-refractivity contribution is 5.58. The van der Waals surface area contributed by atoms with Crippen molar-refractivity contribution in [2.45, 2.75) is 19.3 Å². The predicted molar refractivity (Wildman–Crippen MR) is 87.3 cm³/mol. The molecule has 1 N–H and O–H groups in total. The van der Waals surface area contributed by atoms with E-state index in [1.165, 1.54) is 38.2 Å². The zero-order valence-corrected chi connectivity index (χ0v) is 12.9. The Kier molecular flexibility index (Phi) is 5.35. The number of benzene rings is 1. The summed E-state index contributed by atoms with van der Waals surface area (Å²) in [4.78, 5) is 4.97. The van der Waals surface area contributed by atoms with Gasteiger partial charge in [-0.1, -0.05) is 12.1 Å². The molecular formula is C17H27N3O. The lowest BCUT2D eigenvalue weighted by molar-refractivity contribution is 0.263. The van der Waals surface area contributed by atoms with Gasteiger partial charge in [0.25, 0.3) is 0 Å². The summed E-state index contributed by atoms with van der Waals surface area (Å²) in [6.07, 6.45) is 3.86. The molecule has 2 aliphatic rings. The molecule has 116 valence electrons. The second-order valence-electron chi connectivity index (χ2n) is 5.96. The van der Waals surface area contributed by atoms with E-state index >= 15 is 0 Å². The predicted octanol–water partition coefficient (Wildman–Crippen LogP) is 1.96. The number of likely N-dealkylation sites (tertiary alicyclic amines) is 1. The minimum atomic E-state index is 0.819. The summed E-state index contributed by atoms with van der Waals surface area (Å²) in [6, 6.07) is 8.46. The molecule has 2 aliphatic heterocycles. The normalized spacial score (nSPS) is 19.9. The van der Waals surface area contributed by atoms with E-state index in [2.05, 4.69) is 39.4 Å². The summed E-state index contributed by atoms with van der Waals surface area (Å²) in [5, 5.41) is 3.40. The number of anilines is 1. The van der Waals surface area contributed by atoms with Crippen molar-refractivity contribution in [3.63, 3.8) is 0 Å². The van der Waals surface area contributed by atoms with E-state index < -0.39 is 0 Å². The first-order valence-electron chi connectivity index (χ1n) is 8.33. The van der Waals surface area contributed by atoms with Crippen molar-refractivity contribution < 1.29 is 4.74 Å². The average molecular weight is 289 g/mol. The molecule has 0 radical (unpaired) electrons. The molecule has 1 aromatic rings. The van der Waals surface area contributed by atoms with Crippen LogP contribution in [0.15, 0.2) is 24.3 Å². The first-order valence-corrected chi connectivity index (χ1v) is 8.33. The maximum atomic E-state index is 6.06. The molecule has 4 nitrogen and oxygen atoms in total. The zero-order chi connectivity index (χ0) is 14.3. The van der Waals surface area contributed by atoms with Crippen molar-refractivity contribution in [3.8, 4) is 5.75 Å². The number of hydrogen-bond acceptors (Lipinski definition) is 4. The SMILES string of the molecule is c1ccc(N2CCNCC2)c(OCCCN2CCCC2)c1. The number of ether oxygens (including phenoxy) is 1. The summed E-state index contributed by atoms with van der Waals surface area (Å²) in [5.74, 6) is 1.04. The Morgan fingerprint density at radius 2 is 1.76 bits per heavy atom. The molecule has 0 atom stereocenters. The monoisotopic (exact) mass is 289 g/mol. The lowest BCUT2D eigenvalue weighted by atomic mass is 10.2. The quantitative estimate of drug-likeness (QED) is 0.810. The number of rotatable bonds is 6. The van der Waals surface area contributed by atoms with Gasteiger partial charge in [-0.25, -0.2) is 0 Å². The van der Waals surface area contributed by atoms with Crippen LogP contribution in [-0.4, -0.2) is 57.3 Å². The van der Waals surface area contributed by atoms with Gasteiger partial charge in [0.2, 0.25) is 0 Å². The Labute approximate surface area is 128 Å². The van der Waals surface area contributed by atoms with E-state index in [1.54, 1.807) is 0 Å². The summed E-state index contributed by atoms with van der Waals surface area (Å²) < 4.78 is 6.06. The van der Waals surface area contributed by atoms with E-state index in [0.29, 0.717) is 0 Å². The molecular weight excluding hydrogens is 262 g/mol. The number of nitrogens with zero attached hydrogens (tertiary/aromatic N) is 2. The van der Waals surface area contributed by atoms with E-state index in [-0.39, 0.29) is 0 Å². The van der Waals surface area contributed by atoms with Crippen LogP contribution in [-0.2, 0) is 0 Å². The van der Waals surface area contributed by atoms with Gasteiger partial charge in [0, 0.05) is 32.7 Å². The molecule has 21 heavy (non-hydrogen) atoms. The van der Waals surface area contributed by atoms with Crippen LogP contribution < -0.4 is 15.0 Å². The van der Waals surface area contributed by atoms with Gasteiger partial charge >= 0.3 is 0 Å². The van der Waals surface area contributed by atoms with Crippen molar-refractivity contribution >= 4 is 5.69 Å². The molecule has 2 heterocycles. The van der Waals surface area contributed by atoms with Crippen molar-refractivity contribution in [1.29, 1.82) is 0 Å². The van der Waals surface area contributed by atoms with Gasteiger partial charge in [0.1, 0.15) is 5.75 Å². The van der Waals surface area contributed by atoms with Gasteiger partial charge < -0.3 is 19.9 Å². The molecule has 0 unspecified atom stereocenters. The van der Waals surface area contributed by atoms with Crippen molar-refractivity contribution in [1.82, 2.24) is 10.2 Å². The van der Waals surface area contributed by atoms with Crippen LogP contribution in [0.5, 0.6) is 5.75 Å². The molecule has 2 saturated heterocycles. The number of piperazine rings is 1. The summed E-state index contributed by atoms with van der Waals surface area (Å²) in [6.45, 7) is 8.79. The Bertz CT molecular complexity index is 426. The van der Waals surface area contributed by atoms with Crippen LogP contribution in [0.2, 0.25) is 0 Å². The van der Waals surface area contributed by atoms with E-state index in [0.717, 1.165) is 45.0 Å². The third-order valence-electron chi connectivity index (χ3n) is 4.40. The minimum absolute atomic E-state index is 0.819. The molecule has 0 bridgehead atoms. The average Bonchev–Trinajstić information content (AvgIpc) is 3.06. The highest BCUT2D eigenvalue weighted by Gasteiger charge is 2.15. The molecule has 0 saturated carbocycles. The molecule has 4 heteroatoms. The van der Waals surface area contributed by atoms with Crippen LogP contribution in [0.25, 0.3) is 0 Å². The fraction of sp³-hybridized carbons (Fsp3) is 0.647. The van der Waals surface area contributed by atoms with Gasteiger partial charge in [-0.15, -0.1) is 0 Å². The first-order chi connectivity index (χ1) is 10.4. The largest absolute Gasteiger partial charge is 0.491 e. The van der Waals surface area contributed by atoms with Crippen LogP contribution in [0, 0.1) is 0 Å². The Balaban J connectivity index is 1.49. The lowest BCUT2D eigenvalue weighted by Gasteiger charge is -2.30. The van der Waals surface area contributed by atoms with Gasteiger partial charge in [0.05, 0.1) is 12.3 Å². The molecule has 0 aromatic heterocycles. The standard InChI is InChI=1S/C17H27N3O/c1-2-7-17(16(6-1)20-13-8-18-9-14-20)21-15-5-12-19-10-3-4-11-19/h1-2,6-7,18H,3-5,8-15H2. The van der Waals surface area contributed by atoms with Gasteiger partial charge in [-0.2, -0.15) is 0 Å². The van der Waals surface area contributed by atoms with Crippen molar-refractivity contribution in [3.05, 3.63) is 24.3 Å². The Hall–Kier alpha value is -1.26. The van der Waals surface area contributed by atoms with E-state index in [9.17, 15) is 0 Å². The number of hydrogen-bond donors (Lipinski definition) is 1. The van der Waals surface area contributed by atoms with Crippen LogP contribution in [0.1, 0.15) is 19.3 Å². The first kappa shape index (κ1) is 14.7. The molecule has 3 rings (SSSR count). The molecule has 0 spiro atoms. The highest BCUT2D eigenvalue weighted by Crippen LogP contribution is 2.28. The van der Waals surface area contributed by atoms with Crippen LogP contribution in [0.4, 0.5) is 5.69 Å². The fourth-order valence-electron chi connectivity index (χ4n) is 3.22. The number of para-hydroxylation sites is 2. The van der Waals surface area contributed by atoms with Gasteiger partial charge in [-0.05, 0) is 44.5 Å². The third-order valence-corrected chi connectivity index (χ3v) is 4.40. The zero-order valence-electron chi connectivity index (χ0n) is 12.9. The van der Waals surface area contributed by atoms with E-state index in [4.69, 9.17) is 4.74 Å². The Morgan fingerprint density at radius 1 is 1.00 bits per heavy atom. The highest BCUT2D eigenvalue weighted by atomic mass is 16.5. The fourth-order valence-corrected chi connectivity index (χ4v) is 3.22.